The molecule has 3 rings (SSSR count). The number of nitrogens with one attached hydrogen (secondary N) is 3. The lowest BCUT2D eigenvalue weighted by Crippen LogP contribution is -2.46. The number of amides is 2. The van der Waals surface area contributed by atoms with Crippen molar-refractivity contribution >= 4 is 11.8 Å². The van der Waals surface area contributed by atoms with Crippen molar-refractivity contribution < 1.29 is 23.5 Å². The second-order valence-electron chi connectivity index (χ2n) is 7.17. The molecule has 0 bridgehead atoms. The third kappa shape index (κ3) is 4.57. The van der Waals surface area contributed by atoms with Crippen LogP contribution in [0.15, 0.2) is 35.1 Å². The SMILES string of the molecule is Cn1c(C(C)(C)NC(=O)c2nnco2)nc(C(=O)NCc2ccc(F)cc2)c(O)c1=N. The first-order valence-electron chi connectivity index (χ1n) is 9.06. The molecular weight excluding hydrogens is 409 g/mol. The Labute approximate surface area is 175 Å². The molecule has 2 amide bonds. The van der Waals surface area contributed by atoms with Crippen molar-refractivity contribution in [2.24, 2.45) is 7.05 Å². The summed E-state index contributed by atoms with van der Waals surface area (Å²) in [6.45, 7) is 3.25. The van der Waals surface area contributed by atoms with Crippen LogP contribution < -0.4 is 16.1 Å². The van der Waals surface area contributed by atoms with Crippen molar-refractivity contribution in [3.05, 3.63) is 64.9 Å². The molecule has 3 aromatic rings. The summed E-state index contributed by atoms with van der Waals surface area (Å²) in [6.07, 6.45) is 1.01. The van der Waals surface area contributed by atoms with E-state index in [2.05, 4.69) is 25.8 Å². The van der Waals surface area contributed by atoms with Gasteiger partial charge in [-0.15, -0.1) is 10.2 Å². The number of hydrogen-bond acceptors (Lipinski definition) is 8. The number of carbonyl (C=O) groups excluding carboxylic acids is 2. The Morgan fingerprint density at radius 2 is 1.94 bits per heavy atom. The van der Waals surface area contributed by atoms with Gasteiger partial charge >= 0.3 is 11.8 Å². The standard InChI is InChI=1S/C19H20FN7O4/c1-19(2,25-16(30)17-26-23-9-31-17)18-24-12(13(28)14(21)27(18)3)15(29)22-8-10-4-6-11(20)7-5-10/h4-7,9,21,28H,8H2,1-3H3,(H,22,29)(H,25,30). The van der Waals surface area contributed by atoms with E-state index in [-0.39, 0.29) is 29.4 Å². The van der Waals surface area contributed by atoms with Crippen LogP contribution >= 0.6 is 0 Å². The second kappa shape index (κ2) is 8.34. The van der Waals surface area contributed by atoms with Gasteiger partial charge < -0.3 is 24.7 Å². The monoisotopic (exact) mass is 429 g/mol. The molecule has 0 radical (unpaired) electrons. The summed E-state index contributed by atoms with van der Waals surface area (Å²) in [5, 5.41) is 30.6. The number of carbonyl (C=O) groups is 2. The van der Waals surface area contributed by atoms with Gasteiger partial charge in [0, 0.05) is 13.6 Å². The number of nitrogens with zero attached hydrogens (tertiary/aromatic N) is 4. The van der Waals surface area contributed by atoms with Gasteiger partial charge in [-0.3, -0.25) is 15.0 Å². The predicted octanol–water partition coefficient (Wildman–Crippen LogP) is 0.722. The van der Waals surface area contributed by atoms with E-state index in [1.807, 2.05) is 0 Å². The van der Waals surface area contributed by atoms with Gasteiger partial charge in [0.25, 0.3) is 5.91 Å². The Balaban J connectivity index is 1.88. The molecule has 162 valence electrons. The summed E-state index contributed by atoms with van der Waals surface area (Å²) in [6, 6.07) is 5.53. The predicted molar refractivity (Wildman–Crippen MR) is 103 cm³/mol. The Kier molecular flexibility index (Phi) is 5.81. The van der Waals surface area contributed by atoms with Crippen LogP contribution in [0, 0.1) is 11.2 Å². The molecule has 1 aromatic carbocycles. The molecule has 4 N–H and O–H groups in total. The molecule has 0 spiro atoms. The largest absolute Gasteiger partial charge is 0.503 e. The van der Waals surface area contributed by atoms with Gasteiger partial charge in [0.1, 0.15) is 11.6 Å². The summed E-state index contributed by atoms with van der Waals surface area (Å²) < 4.78 is 19.1. The van der Waals surface area contributed by atoms with Crippen LogP contribution in [0.5, 0.6) is 5.75 Å². The minimum absolute atomic E-state index is 0.0568. The van der Waals surface area contributed by atoms with Crippen molar-refractivity contribution in [2.75, 3.05) is 0 Å². The summed E-state index contributed by atoms with van der Waals surface area (Å²) >= 11 is 0. The van der Waals surface area contributed by atoms with Crippen molar-refractivity contribution in [1.29, 1.82) is 5.41 Å². The van der Waals surface area contributed by atoms with Gasteiger partial charge in [-0.25, -0.2) is 9.37 Å². The molecule has 2 aromatic heterocycles. The topological polar surface area (TPSA) is 159 Å². The number of rotatable bonds is 6. The van der Waals surface area contributed by atoms with Crippen LogP contribution in [0.1, 0.15) is 46.4 Å². The summed E-state index contributed by atoms with van der Waals surface area (Å²) in [5.41, 5.74) is -1.32. The highest BCUT2D eigenvalue weighted by Crippen LogP contribution is 2.20. The molecule has 0 aliphatic rings. The molecule has 11 nitrogen and oxygen atoms in total. The maximum absolute atomic E-state index is 13.0. The van der Waals surface area contributed by atoms with Gasteiger partial charge in [0.15, 0.2) is 16.9 Å². The minimum Gasteiger partial charge on any atom is -0.503 e. The molecule has 0 saturated heterocycles. The van der Waals surface area contributed by atoms with E-state index in [0.29, 0.717) is 5.56 Å². The highest BCUT2D eigenvalue weighted by atomic mass is 19.1. The highest BCUT2D eigenvalue weighted by molar-refractivity contribution is 5.94. The average Bonchev–Trinajstić information content (AvgIpc) is 3.26. The Hall–Kier alpha value is -4.09. The molecule has 0 aliphatic carbocycles. The molecule has 0 saturated carbocycles. The van der Waals surface area contributed by atoms with E-state index >= 15 is 0 Å². The first kappa shape index (κ1) is 21.6. The Morgan fingerprint density at radius 1 is 1.26 bits per heavy atom. The van der Waals surface area contributed by atoms with Crippen LogP contribution in [-0.2, 0) is 19.1 Å². The zero-order valence-corrected chi connectivity index (χ0v) is 16.9. The highest BCUT2D eigenvalue weighted by Gasteiger charge is 2.31. The molecule has 0 atom stereocenters. The number of benzene rings is 1. The molecule has 31 heavy (non-hydrogen) atoms. The van der Waals surface area contributed by atoms with Gasteiger partial charge in [-0.05, 0) is 31.5 Å². The number of aromatic nitrogens is 4. The average molecular weight is 429 g/mol. The Bertz CT molecular complexity index is 1170. The lowest BCUT2D eigenvalue weighted by molar-refractivity contribution is 0.0870. The minimum atomic E-state index is -1.18. The second-order valence-corrected chi connectivity index (χ2v) is 7.17. The molecular formula is C19H20FN7O4. The van der Waals surface area contributed by atoms with E-state index in [4.69, 9.17) is 9.83 Å². The molecule has 0 fully saturated rings. The maximum Gasteiger partial charge on any atom is 0.309 e. The van der Waals surface area contributed by atoms with Crippen molar-refractivity contribution in [2.45, 2.75) is 25.9 Å². The quantitative estimate of drug-likeness (QED) is 0.449. The lowest BCUT2D eigenvalue weighted by atomic mass is 10.0. The van der Waals surface area contributed by atoms with Crippen LogP contribution in [-0.4, -0.2) is 36.7 Å². The van der Waals surface area contributed by atoms with Crippen LogP contribution in [0.3, 0.4) is 0 Å². The van der Waals surface area contributed by atoms with Crippen LogP contribution in [0.25, 0.3) is 0 Å². The number of halogens is 1. The third-order valence-corrected chi connectivity index (χ3v) is 4.44. The smallest absolute Gasteiger partial charge is 0.309 e. The fourth-order valence-electron chi connectivity index (χ4n) is 2.86. The first-order chi connectivity index (χ1) is 14.6. The summed E-state index contributed by atoms with van der Waals surface area (Å²) in [7, 11) is 1.46. The molecule has 2 heterocycles. The fourth-order valence-corrected chi connectivity index (χ4v) is 2.86. The zero-order valence-electron chi connectivity index (χ0n) is 16.9. The molecule has 0 unspecified atom stereocenters. The van der Waals surface area contributed by atoms with Crippen molar-refractivity contribution in [3.63, 3.8) is 0 Å². The van der Waals surface area contributed by atoms with E-state index < -0.39 is 28.9 Å². The van der Waals surface area contributed by atoms with Crippen LogP contribution in [0.4, 0.5) is 4.39 Å². The van der Waals surface area contributed by atoms with Gasteiger partial charge in [-0.1, -0.05) is 12.1 Å². The first-order valence-corrected chi connectivity index (χ1v) is 9.06. The summed E-state index contributed by atoms with van der Waals surface area (Å²) in [5.74, 6) is -2.59. The Morgan fingerprint density at radius 3 is 2.55 bits per heavy atom. The maximum atomic E-state index is 13.0. The number of aromatic hydroxyl groups is 1. The zero-order chi connectivity index (χ0) is 22.8. The van der Waals surface area contributed by atoms with Crippen molar-refractivity contribution in [1.82, 2.24) is 30.4 Å². The summed E-state index contributed by atoms with van der Waals surface area (Å²) in [4.78, 5) is 29.2. The normalized spacial score (nSPS) is 11.2. The number of hydrogen-bond donors (Lipinski definition) is 4. The fraction of sp³-hybridized carbons (Fsp3) is 0.263. The van der Waals surface area contributed by atoms with Gasteiger partial charge in [0.2, 0.25) is 6.39 Å². The molecule has 0 aliphatic heterocycles. The van der Waals surface area contributed by atoms with E-state index in [1.54, 1.807) is 13.8 Å². The van der Waals surface area contributed by atoms with Crippen LogP contribution in [0.2, 0.25) is 0 Å². The lowest BCUT2D eigenvalue weighted by Gasteiger charge is -2.27. The van der Waals surface area contributed by atoms with Gasteiger partial charge in [0.05, 0.1) is 5.54 Å². The van der Waals surface area contributed by atoms with E-state index in [1.165, 1.54) is 35.9 Å². The van der Waals surface area contributed by atoms with Crippen molar-refractivity contribution in [3.8, 4) is 5.75 Å². The molecule has 12 heteroatoms. The van der Waals surface area contributed by atoms with Gasteiger partial charge in [-0.2, -0.15) is 0 Å². The van der Waals surface area contributed by atoms with E-state index in [9.17, 15) is 19.1 Å². The van der Waals surface area contributed by atoms with E-state index in [0.717, 1.165) is 6.39 Å². The third-order valence-electron chi connectivity index (χ3n) is 4.44.